The van der Waals surface area contributed by atoms with Gasteiger partial charge in [0.2, 0.25) is 5.91 Å². The van der Waals surface area contributed by atoms with Gasteiger partial charge in [-0.25, -0.2) is 13.9 Å². The van der Waals surface area contributed by atoms with Crippen LogP contribution in [-0.2, 0) is 11.3 Å². The zero-order valence-corrected chi connectivity index (χ0v) is 14.6. The molecule has 1 aliphatic rings. The predicted molar refractivity (Wildman–Crippen MR) is 98.5 cm³/mol. The zero-order valence-electron chi connectivity index (χ0n) is 14.6. The molecule has 3 heterocycles. The third-order valence-corrected chi connectivity index (χ3v) is 4.47. The molecular weight excluding hydrogens is 332 g/mol. The summed E-state index contributed by atoms with van der Waals surface area (Å²) in [6.45, 7) is 3.72. The van der Waals surface area contributed by atoms with Crippen molar-refractivity contribution in [2.45, 2.75) is 26.3 Å². The lowest BCUT2D eigenvalue weighted by Gasteiger charge is -2.15. The minimum atomic E-state index is -0.375. The summed E-state index contributed by atoms with van der Waals surface area (Å²) in [5.41, 5.74) is 1.37. The summed E-state index contributed by atoms with van der Waals surface area (Å²) >= 11 is 0. The van der Waals surface area contributed by atoms with Gasteiger partial charge in [-0.3, -0.25) is 4.79 Å². The molecule has 0 bridgehead atoms. The quantitative estimate of drug-likeness (QED) is 0.768. The van der Waals surface area contributed by atoms with E-state index in [0.29, 0.717) is 11.5 Å². The molecule has 3 aromatic rings. The monoisotopic (exact) mass is 352 g/mol. The van der Waals surface area contributed by atoms with E-state index in [9.17, 15) is 9.59 Å². The minimum Gasteiger partial charge on any atom is -0.356 e. The Balaban J connectivity index is 1.55. The van der Waals surface area contributed by atoms with Gasteiger partial charge in [-0.05, 0) is 43.5 Å². The van der Waals surface area contributed by atoms with Crippen LogP contribution in [0.2, 0.25) is 0 Å². The summed E-state index contributed by atoms with van der Waals surface area (Å²) in [5.74, 6) is 0.819. The van der Waals surface area contributed by atoms with Gasteiger partial charge in [-0.1, -0.05) is 12.1 Å². The van der Waals surface area contributed by atoms with E-state index in [0.717, 1.165) is 42.0 Å². The maximum atomic E-state index is 12.4. The normalized spacial score (nSPS) is 14.1. The van der Waals surface area contributed by atoms with Crippen molar-refractivity contribution < 1.29 is 4.79 Å². The smallest absolute Gasteiger partial charge is 0.352 e. The first-order valence-corrected chi connectivity index (χ1v) is 8.68. The van der Waals surface area contributed by atoms with Crippen LogP contribution >= 0.6 is 0 Å². The zero-order chi connectivity index (χ0) is 18.1. The number of anilines is 2. The van der Waals surface area contributed by atoms with E-state index in [-0.39, 0.29) is 18.1 Å². The third kappa shape index (κ3) is 3.17. The predicted octanol–water partition coefficient (Wildman–Crippen LogP) is 1.44. The number of aromatic nitrogens is 4. The van der Waals surface area contributed by atoms with Crippen LogP contribution < -0.4 is 15.9 Å². The molecule has 0 aliphatic carbocycles. The largest absolute Gasteiger partial charge is 0.356 e. The summed E-state index contributed by atoms with van der Waals surface area (Å²) in [4.78, 5) is 31.3. The SMILES string of the molecule is Cc1cccc(NC(=O)Cn2nc3nc(N4CCCC4)ccn3c2=O)c1. The van der Waals surface area contributed by atoms with E-state index in [1.54, 1.807) is 12.3 Å². The molecule has 134 valence electrons. The van der Waals surface area contributed by atoms with Crippen LogP contribution in [0.1, 0.15) is 18.4 Å². The molecular formula is C18H20N6O2. The van der Waals surface area contributed by atoms with E-state index < -0.39 is 0 Å². The molecule has 8 nitrogen and oxygen atoms in total. The number of hydrogen-bond acceptors (Lipinski definition) is 5. The molecule has 1 aromatic carbocycles. The van der Waals surface area contributed by atoms with Crippen LogP contribution in [-0.4, -0.2) is 38.2 Å². The first-order valence-electron chi connectivity index (χ1n) is 8.68. The average molecular weight is 352 g/mol. The summed E-state index contributed by atoms with van der Waals surface area (Å²) in [5, 5.41) is 6.99. The first kappa shape index (κ1) is 16.3. The van der Waals surface area contributed by atoms with Crippen molar-refractivity contribution >= 4 is 23.2 Å². The molecule has 0 radical (unpaired) electrons. The molecule has 4 rings (SSSR count). The van der Waals surface area contributed by atoms with Crippen LogP contribution in [0.25, 0.3) is 5.78 Å². The Bertz CT molecular complexity index is 1020. The highest BCUT2D eigenvalue weighted by molar-refractivity contribution is 5.90. The molecule has 1 saturated heterocycles. The first-order chi connectivity index (χ1) is 12.6. The highest BCUT2D eigenvalue weighted by atomic mass is 16.2. The Kier molecular flexibility index (Phi) is 4.16. The second-order valence-corrected chi connectivity index (χ2v) is 6.51. The van der Waals surface area contributed by atoms with Crippen LogP contribution in [0.5, 0.6) is 0 Å². The fraction of sp³-hybridized carbons (Fsp3) is 0.333. The molecule has 0 spiro atoms. The van der Waals surface area contributed by atoms with Crippen LogP contribution in [0, 0.1) is 6.92 Å². The number of carbonyl (C=O) groups is 1. The van der Waals surface area contributed by atoms with Gasteiger partial charge < -0.3 is 10.2 Å². The topological polar surface area (TPSA) is 84.5 Å². The Labute approximate surface area is 150 Å². The van der Waals surface area contributed by atoms with E-state index in [4.69, 9.17) is 0 Å². The number of fused-ring (bicyclic) bond motifs is 1. The second kappa shape index (κ2) is 6.62. The molecule has 1 aliphatic heterocycles. The van der Waals surface area contributed by atoms with Gasteiger partial charge in [0.1, 0.15) is 12.4 Å². The van der Waals surface area contributed by atoms with E-state index in [2.05, 4.69) is 20.3 Å². The second-order valence-electron chi connectivity index (χ2n) is 6.51. The third-order valence-electron chi connectivity index (χ3n) is 4.47. The Morgan fingerprint density at radius 2 is 2.04 bits per heavy atom. The summed E-state index contributed by atoms with van der Waals surface area (Å²) in [6.07, 6.45) is 3.96. The number of nitrogens with one attached hydrogen (secondary N) is 1. The molecule has 1 N–H and O–H groups in total. The molecule has 2 aromatic heterocycles. The number of hydrogen-bond donors (Lipinski definition) is 1. The van der Waals surface area contributed by atoms with Crippen LogP contribution in [0.15, 0.2) is 41.3 Å². The molecule has 0 saturated carbocycles. The van der Waals surface area contributed by atoms with Crippen molar-refractivity contribution in [1.29, 1.82) is 0 Å². The van der Waals surface area contributed by atoms with Crippen molar-refractivity contribution in [3.05, 3.63) is 52.6 Å². The summed E-state index contributed by atoms with van der Waals surface area (Å²) in [7, 11) is 0. The van der Waals surface area contributed by atoms with E-state index >= 15 is 0 Å². The maximum absolute atomic E-state index is 12.4. The van der Waals surface area contributed by atoms with Crippen LogP contribution in [0.3, 0.4) is 0 Å². The number of nitrogens with zero attached hydrogens (tertiary/aromatic N) is 5. The number of benzene rings is 1. The Morgan fingerprint density at radius 3 is 2.81 bits per heavy atom. The Morgan fingerprint density at radius 1 is 1.23 bits per heavy atom. The van der Waals surface area contributed by atoms with Crippen molar-refractivity contribution in [3.63, 3.8) is 0 Å². The van der Waals surface area contributed by atoms with Gasteiger partial charge in [0, 0.05) is 25.0 Å². The lowest BCUT2D eigenvalue weighted by molar-refractivity contribution is -0.117. The van der Waals surface area contributed by atoms with Crippen molar-refractivity contribution in [2.75, 3.05) is 23.3 Å². The lowest BCUT2D eigenvalue weighted by atomic mass is 10.2. The summed E-state index contributed by atoms with van der Waals surface area (Å²) < 4.78 is 2.50. The van der Waals surface area contributed by atoms with Crippen LogP contribution in [0.4, 0.5) is 11.5 Å². The van der Waals surface area contributed by atoms with Gasteiger partial charge in [0.25, 0.3) is 5.78 Å². The molecule has 26 heavy (non-hydrogen) atoms. The fourth-order valence-electron chi connectivity index (χ4n) is 3.18. The number of amides is 1. The van der Waals surface area contributed by atoms with Crippen molar-refractivity contribution in [3.8, 4) is 0 Å². The number of carbonyl (C=O) groups excluding carboxylic acids is 1. The number of aryl methyl sites for hydroxylation is 1. The molecule has 1 amide bonds. The fourth-order valence-corrected chi connectivity index (χ4v) is 3.18. The minimum absolute atomic E-state index is 0.158. The van der Waals surface area contributed by atoms with Gasteiger partial charge in [-0.15, -0.1) is 5.10 Å². The van der Waals surface area contributed by atoms with Gasteiger partial charge in [0.15, 0.2) is 0 Å². The molecule has 0 unspecified atom stereocenters. The van der Waals surface area contributed by atoms with E-state index in [1.807, 2.05) is 31.2 Å². The van der Waals surface area contributed by atoms with Crippen molar-refractivity contribution in [1.82, 2.24) is 19.2 Å². The van der Waals surface area contributed by atoms with Gasteiger partial charge in [0.05, 0.1) is 0 Å². The van der Waals surface area contributed by atoms with Gasteiger partial charge in [-0.2, -0.15) is 4.98 Å². The Hall–Kier alpha value is -3.16. The molecule has 1 fully saturated rings. The molecule has 8 heteroatoms. The standard InChI is InChI=1S/C18H20N6O2/c1-13-5-4-6-14(11-13)19-16(25)12-24-18(26)23-10-7-15(20-17(23)21-24)22-8-2-3-9-22/h4-7,10-11H,2-3,8-9,12H2,1H3,(H,19,25). The lowest BCUT2D eigenvalue weighted by Crippen LogP contribution is -2.28. The highest BCUT2D eigenvalue weighted by Crippen LogP contribution is 2.17. The average Bonchev–Trinajstić information content (AvgIpc) is 3.24. The van der Waals surface area contributed by atoms with Gasteiger partial charge >= 0.3 is 5.69 Å². The molecule has 0 atom stereocenters. The highest BCUT2D eigenvalue weighted by Gasteiger charge is 2.16. The number of rotatable bonds is 4. The van der Waals surface area contributed by atoms with Crippen molar-refractivity contribution in [2.24, 2.45) is 0 Å². The van der Waals surface area contributed by atoms with E-state index in [1.165, 1.54) is 4.40 Å². The summed E-state index contributed by atoms with van der Waals surface area (Å²) in [6, 6.07) is 9.31. The maximum Gasteiger partial charge on any atom is 0.352 e.